The highest BCUT2D eigenvalue weighted by Crippen LogP contribution is 2.26. The second-order valence-electron chi connectivity index (χ2n) is 21.3. The zero-order valence-corrected chi connectivity index (χ0v) is 55.8. The van der Waals surface area contributed by atoms with Crippen LogP contribution in [0.2, 0.25) is 0 Å². The van der Waals surface area contributed by atoms with Gasteiger partial charge in [0.15, 0.2) is 0 Å². The first-order chi connectivity index (χ1) is 38.8. The molecule has 1 aliphatic rings. The first-order valence-corrected chi connectivity index (χ1v) is 30.4. The van der Waals surface area contributed by atoms with Crippen LogP contribution < -0.4 is 37.0 Å². The zero-order chi connectivity index (χ0) is 64.2. The number of nitrogens with one attached hydrogen (secondary N) is 6. The average molecular weight is 1190 g/mol. The van der Waals surface area contributed by atoms with Crippen LogP contribution in [-0.2, 0) is 43.0 Å². The summed E-state index contributed by atoms with van der Waals surface area (Å²) in [5, 5.41) is 13.7. The molecule has 1 aromatic carbocycles. The quantitative estimate of drug-likeness (QED) is 0.0206. The second-order valence-corrected chi connectivity index (χ2v) is 22.2. The number of ether oxygens (including phenoxy) is 2. The van der Waals surface area contributed by atoms with Crippen molar-refractivity contribution in [2.45, 2.75) is 195 Å². The minimum atomic E-state index is -0.443. The number of nitrogens with zero attached hydrogens (tertiary/aromatic N) is 3. The van der Waals surface area contributed by atoms with Gasteiger partial charge in [-0.25, -0.2) is 4.79 Å². The van der Waals surface area contributed by atoms with Crippen LogP contribution in [0.5, 0.6) is 0 Å². The highest BCUT2D eigenvalue weighted by Gasteiger charge is 2.36. The smallest absolute Gasteiger partial charge is 0.312 e. The van der Waals surface area contributed by atoms with Crippen LogP contribution in [0.1, 0.15) is 154 Å². The number of rotatable bonds is 32. The number of benzene rings is 1. The minimum absolute atomic E-state index is 0.00995. The van der Waals surface area contributed by atoms with Gasteiger partial charge in [-0.15, -0.1) is 0 Å². The van der Waals surface area contributed by atoms with Crippen LogP contribution in [0.25, 0.3) is 0 Å². The third-order valence-electron chi connectivity index (χ3n) is 13.5. The van der Waals surface area contributed by atoms with Crippen molar-refractivity contribution in [3.63, 3.8) is 0 Å². The number of carbonyl (C=O) groups excluding carboxylic acids is 8. The number of likely N-dealkylation sites (N-methyl/N-ethyl adjacent to an activating group) is 5. The average Bonchev–Trinajstić information content (AvgIpc) is 3.90. The Hall–Kier alpha value is -4.51. The van der Waals surface area contributed by atoms with Crippen molar-refractivity contribution < 1.29 is 47.8 Å². The molecule has 0 aliphatic carbocycles. The van der Waals surface area contributed by atoms with Crippen molar-refractivity contribution in [3.05, 3.63) is 24.3 Å². The zero-order valence-electron chi connectivity index (χ0n) is 55.0. The number of carbonyl (C=O) groups is 8. The van der Waals surface area contributed by atoms with Crippen LogP contribution in [-0.4, -0.2) is 190 Å². The van der Waals surface area contributed by atoms with Gasteiger partial charge in [-0.05, 0) is 127 Å². The molecule has 1 heterocycles. The van der Waals surface area contributed by atoms with Crippen LogP contribution in [0, 0.1) is 29.6 Å². The lowest BCUT2D eigenvalue weighted by molar-refractivity contribution is -0.136. The summed E-state index contributed by atoms with van der Waals surface area (Å²) in [6, 6.07) is 7.61. The molecule has 0 saturated carbocycles. The maximum Gasteiger partial charge on any atom is 0.312 e. The molecule has 1 saturated heterocycles. The maximum atomic E-state index is 12.5. The van der Waals surface area contributed by atoms with Gasteiger partial charge in [0, 0.05) is 64.3 Å². The second kappa shape index (κ2) is 56.9. The number of likely N-dealkylation sites (tertiary alicyclic amines) is 1. The highest BCUT2D eigenvalue weighted by molar-refractivity contribution is 7.98. The molecule has 1 fully saturated rings. The molecule has 21 heteroatoms. The monoisotopic (exact) mass is 1180 g/mol. The van der Waals surface area contributed by atoms with Crippen molar-refractivity contribution in [1.82, 2.24) is 40.7 Å². The summed E-state index contributed by atoms with van der Waals surface area (Å²) in [5.41, 5.74) is 5.78. The number of anilines is 1. The number of aldehydes is 4. The standard InChI is InChI=1S/C17H27N3O2S.C13H26N2O3.C9H18O.C8H16N2O2.C7H15NO.C4H10N2O.C3H8/c1-12(16(22-4)15-6-5-11-20(15)3)17(21)19-23-14-9-7-13(18-2)8-10-14;1-6-10(2)13(11(18-5)7-8-16)15(4)12(17)9-14-3;1-3-9(2)7-5-4-6-8-10;1-6(2)7(9-3)8(12)10-4-5-11;1-6(2)7(5-9)8(3)4;1-2-3-6-4(5)7;1-3-2/h7-10,12,15-16,18H,5-6,11H2,1-4H3,(H,19,21);8,10-11,13-14H,6-7,9H2,1-5H3;8-9H,3-7H2,1-2H3;5-7,9H,4H2,1-3H3,(H,10,12);5-7H,1-4H3;2-3H2,1H3,(H3,5,6,7);3H2,1-2H3. The van der Waals surface area contributed by atoms with E-state index in [1.807, 2.05) is 91.9 Å². The summed E-state index contributed by atoms with van der Waals surface area (Å²) in [5.74, 6) is 1.47. The van der Waals surface area contributed by atoms with Crippen molar-refractivity contribution >= 4 is 66.5 Å². The molecule has 480 valence electrons. The Bertz CT molecular complexity index is 1740. The first-order valence-electron chi connectivity index (χ1n) is 29.6. The normalized spacial score (nSPS) is 15.3. The van der Waals surface area contributed by atoms with E-state index in [2.05, 4.69) is 84.8 Å². The lowest BCUT2D eigenvalue weighted by Crippen LogP contribution is -2.51. The summed E-state index contributed by atoms with van der Waals surface area (Å²) in [6.07, 6.45) is 14.5. The van der Waals surface area contributed by atoms with E-state index in [-0.39, 0.29) is 72.4 Å². The lowest BCUT2D eigenvalue weighted by Gasteiger charge is -2.37. The Labute approximate surface area is 502 Å². The number of amides is 5. The van der Waals surface area contributed by atoms with Gasteiger partial charge in [-0.3, -0.25) is 24.0 Å². The topological polar surface area (TPSA) is 263 Å². The molecule has 0 bridgehead atoms. The molecule has 20 nitrogen and oxygen atoms in total. The van der Waals surface area contributed by atoms with Crippen molar-refractivity contribution in [2.24, 2.45) is 35.3 Å². The Morgan fingerprint density at radius 3 is 1.76 bits per heavy atom. The minimum Gasteiger partial charge on any atom is -0.388 e. The Morgan fingerprint density at radius 1 is 0.805 bits per heavy atom. The van der Waals surface area contributed by atoms with E-state index in [4.69, 9.17) is 15.2 Å². The summed E-state index contributed by atoms with van der Waals surface area (Å²) in [7, 11) is 16.3. The number of hydrogen-bond donors (Lipinski definition) is 7. The molecule has 0 spiro atoms. The van der Waals surface area contributed by atoms with Gasteiger partial charge in [0.05, 0.1) is 49.3 Å². The summed E-state index contributed by atoms with van der Waals surface area (Å²) < 4.78 is 14.0. The van der Waals surface area contributed by atoms with E-state index in [0.29, 0.717) is 37.8 Å². The number of primary amides is 1. The van der Waals surface area contributed by atoms with Crippen molar-refractivity contribution in [3.8, 4) is 0 Å². The van der Waals surface area contributed by atoms with E-state index in [0.717, 1.165) is 74.0 Å². The predicted octanol–water partition coefficient (Wildman–Crippen LogP) is 7.87. The maximum absolute atomic E-state index is 12.5. The van der Waals surface area contributed by atoms with Crippen LogP contribution >= 0.6 is 11.9 Å². The van der Waals surface area contributed by atoms with Gasteiger partial charge < -0.3 is 70.8 Å². The summed E-state index contributed by atoms with van der Waals surface area (Å²) in [6.45, 7) is 26.9. The third-order valence-corrected chi connectivity index (χ3v) is 14.3. The fourth-order valence-corrected chi connectivity index (χ4v) is 8.98. The molecule has 1 aliphatic heterocycles. The number of hydrogen-bond acceptors (Lipinski definition) is 16. The Morgan fingerprint density at radius 2 is 1.40 bits per heavy atom. The van der Waals surface area contributed by atoms with Gasteiger partial charge >= 0.3 is 6.03 Å². The first kappa shape index (κ1) is 86.3. The van der Waals surface area contributed by atoms with Crippen LogP contribution in [0.15, 0.2) is 29.2 Å². The van der Waals surface area contributed by atoms with E-state index in [1.54, 1.807) is 40.3 Å². The fraction of sp³-hybridized carbons (Fsp3) is 0.770. The Balaban J connectivity index is -0.000000300. The Kier molecular flexibility index (Phi) is 59.9. The van der Waals surface area contributed by atoms with Gasteiger partial charge in [-0.2, -0.15) is 0 Å². The van der Waals surface area contributed by atoms with Gasteiger partial charge in [0.1, 0.15) is 25.1 Å². The number of methoxy groups -OCH3 is 2. The number of unbranched alkanes of at least 4 members (excludes halogenated alkanes) is 2. The van der Waals surface area contributed by atoms with E-state index in [9.17, 15) is 38.4 Å². The molecule has 0 radical (unpaired) electrons. The van der Waals surface area contributed by atoms with Gasteiger partial charge in [0.2, 0.25) is 17.7 Å². The largest absolute Gasteiger partial charge is 0.388 e. The molecule has 2 rings (SSSR count). The molecule has 8 N–H and O–H groups in total. The van der Waals surface area contributed by atoms with Gasteiger partial charge in [-0.1, -0.05) is 115 Å². The van der Waals surface area contributed by atoms with E-state index in [1.165, 1.54) is 44.1 Å². The van der Waals surface area contributed by atoms with Crippen LogP contribution in [0.4, 0.5) is 10.5 Å². The number of nitrogens with two attached hydrogens (primary N) is 1. The molecule has 5 amide bonds. The lowest BCUT2D eigenvalue weighted by atomic mass is 9.91. The molecule has 0 aromatic heterocycles. The van der Waals surface area contributed by atoms with Crippen molar-refractivity contribution in [2.75, 3.05) is 95.0 Å². The molecule has 82 heavy (non-hydrogen) atoms. The SMILES string of the molecule is CC(C)C(C=O)N(C)C.CCC.CCC(C)C(C(CC=O)OC)N(C)C(=O)CNC.CCC(C)CCCCC=O.CCCNC(N)=O.CNC(C(=O)NCC=O)C(C)C.CNc1ccc(SNC(=O)C(C)C(OC)C2CCCN2C)cc1. The van der Waals surface area contributed by atoms with Crippen molar-refractivity contribution in [1.29, 1.82) is 0 Å². The molecule has 1 aromatic rings. The molecular weight excluding hydrogens is 1060 g/mol. The summed E-state index contributed by atoms with van der Waals surface area (Å²) >= 11 is 1.35. The number of urea groups is 1. The van der Waals surface area contributed by atoms with E-state index < -0.39 is 6.03 Å². The van der Waals surface area contributed by atoms with Gasteiger partial charge in [0.25, 0.3) is 0 Å². The fourth-order valence-electron chi connectivity index (χ4n) is 8.31. The molecule has 9 atom stereocenters. The molecular formula is C61H120N10O10S. The highest BCUT2D eigenvalue weighted by atomic mass is 32.2. The molecule has 9 unspecified atom stereocenters. The predicted molar refractivity (Wildman–Crippen MR) is 340 cm³/mol. The van der Waals surface area contributed by atoms with E-state index >= 15 is 0 Å². The third kappa shape index (κ3) is 43.2. The summed E-state index contributed by atoms with van der Waals surface area (Å²) in [4.78, 5) is 93.4. The van der Waals surface area contributed by atoms with Crippen LogP contribution in [0.3, 0.4) is 0 Å².